The van der Waals surface area contributed by atoms with Gasteiger partial charge in [-0.3, -0.25) is 0 Å². The molecule has 132 valence electrons. The number of hydrogen-bond acceptors (Lipinski definition) is 7. The minimum atomic E-state index is -1.38. The predicted molar refractivity (Wildman–Crippen MR) is 84.1 cm³/mol. The molecule has 0 spiro atoms. The van der Waals surface area contributed by atoms with E-state index in [0.29, 0.717) is 6.29 Å². The molecule has 1 aromatic carbocycles. The van der Waals surface area contributed by atoms with Crippen molar-refractivity contribution in [3.63, 3.8) is 0 Å². The van der Waals surface area contributed by atoms with Crippen LogP contribution in [0.1, 0.15) is 19.4 Å². The van der Waals surface area contributed by atoms with E-state index in [9.17, 15) is 14.4 Å². The van der Waals surface area contributed by atoms with Crippen LogP contribution in [0.5, 0.6) is 0 Å². The second-order valence-corrected chi connectivity index (χ2v) is 4.64. The van der Waals surface area contributed by atoms with E-state index >= 15 is 0 Å². The van der Waals surface area contributed by atoms with Gasteiger partial charge >= 0.3 is 11.9 Å². The van der Waals surface area contributed by atoms with Gasteiger partial charge in [-0.2, -0.15) is 0 Å². The highest BCUT2D eigenvalue weighted by molar-refractivity contribution is 5.85. The number of carbonyl (C=O) groups excluding carboxylic acids is 3. The maximum atomic E-state index is 12.2. The number of ether oxygens (including phenoxy) is 4. The van der Waals surface area contributed by atoms with Crippen LogP contribution < -0.4 is 0 Å². The van der Waals surface area contributed by atoms with Gasteiger partial charge in [-0.15, -0.1) is 0 Å². The van der Waals surface area contributed by atoms with Crippen molar-refractivity contribution in [2.45, 2.75) is 32.7 Å². The van der Waals surface area contributed by atoms with Crippen molar-refractivity contribution < 1.29 is 33.3 Å². The molecule has 0 aromatic heterocycles. The normalized spacial score (nSPS) is 12.9. The number of esters is 2. The van der Waals surface area contributed by atoms with Crippen molar-refractivity contribution in [2.75, 3.05) is 19.8 Å². The zero-order valence-electron chi connectivity index (χ0n) is 13.8. The summed E-state index contributed by atoms with van der Waals surface area (Å²) in [4.78, 5) is 34.8. The molecule has 0 amide bonds. The van der Waals surface area contributed by atoms with Crippen LogP contribution in [0.15, 0.2) is 30.3 Å². The first-order chi connectivity index (χ1) is 11.6. The van der Waals surface area contributed by atoms with Gasteiger partial charge in [0, 0.05) is 0 Å². The Bertz CT molecular complexity index is 515. The first-order valence-corrected chi connectivity index (χ1v) is 7.68. The zero-order valence-corrected chi connectivity index (χ0v) is 13.8. The first kappa shape index (κ1) is 19.8. The summed E-state index contributed by atoms with van der Waals surface area (Å²) in [7, 11) is 0. The Balaban J connectivity index is 2.90. The summed E-state index contributed by atoms with van der Waals surface area (Å²) in [5, 5.41) is 0. The maximum absolute atomic E-state index is 12.2. The lowest BCUT2D eigenvalue weighted by Gasteiger charge is -2.24. The molecule has 0 aliphatic carbocycles. The Hall–Kier alpha value is -2.25. The molecule has 2 atom stereocenters. The van der Waals surface area contributed by atoms with Gasteiger partial charge in [0.05, 0.1) is 19.8 Å². The zero-order chi connectivity index (χ0) is 17.8. The van der Waals surface area contributed by atoms with E-state index < -0.39 is 24.1 Å². The van der Waals surface area contributed by atoms with Gasteiger partial charge in [0.15, 0.2) is 12.2 Å². The van der Waals surface area contributed by atoms with Crippen LogP contribution >= 0.6 is 0 Å². The Morgan fingerprint density at radius 3 is 2.00 bits per heavy atom. The third-order valence-corrected chi connectivity index (χ3v) is 2.93. The fourth-order valence-electron chi connectivity index (χ4n) is 1.91. The average Bonchev–Trinajstić information content (AvgIpc) is 2.59. The van der Waals surface area contributed by atoms with Crippen LogP contribution in [-0.2, 0) is 39.9 Å². The fraction of sp³-hybridized carbons (Fsp3) is 0.471. The molecule has 0 N–H and O–H groups in total. The predicted octanol–water partition coefficient (Wildman–Crippen LogP) is 1.28. The standard InChI is InChI=1S/C17H22O7/c1-3-21-16(19)14(23-11-10-18)15(17(20)22-4-2)24-12-13-8-6-5-7-9-13/h5-10,14-15H,3-4,11-12H2,1-2H3/t14?,15-/m1/s1. The molecule has 0 heterocycles. The Morgan fingerprint density at radius 1 is 0.958 bits per heavy atom. The summed E-state index contributed by atoms with van der Waals surface area (Å²) in [6.07, 6.45) is -2.23. The van der Waals surface area contributed by atoms with Crippen LogP contribution in [0.25, 0.3) is 0 Å². The summed E-state index contributed by atoms with van der Waals surface area (Å²) in [5.74, 6) is -1.54. The fourth-order valence-corrected chi connectivity index (χ4v) is 1.91. The quantitative estimate of drug-likeness (QED) is 0.443. The number of aldehydes is 1. The van der Waals surface area contributed by atoms with Gasteiger partial charge in [0.25, 0.3) is 0 Å². The Kier molecular flexibility index (Phi) is 9.33. The van der Waals surface area contributed by atoms with Crippen molar-refractivity contribution in [2.24, 2.45) is 0 Å². The minimum absolute atomic E-state index is 0.0741. The van der Waals surface area contributed by atoms with Crippen molar-refractivity contribution >= 4 is 18.2 Å². The van der Waals surface area contributed by atoms with Gasteiger partial charge in [-0.1, -0.05) is 30.3 Å². The third-order valence-electron chi connectivity index (χ3n) is 2.93. The Labute approximate surface area is 140 Å². The molecule has 24 heavy (non-hydrogen) atoms. The van der Waals surface area contributed by atoms with Crippen LogP contribution in [0.3, 0.4) is 0 Å². The van der Waals surface area contributed by atoms with Gasteiger partial charge in [-0.05, 0) is 19.4 Å². The van der Waals surface area contributed by atoms with E-state index in [2.05, 4.69) is 0 Å². The molecule has 0 saturated heterocycles. The minimum Gasteiger partial charge on any atom is -0.464 e. The smallest absolute Gasteiger partial charge is 0.338 e. The van der Waals surface area contributed by atoms with Gasteiger partial charge in [-0.25, -0.2) is 9.59 Å². The first-order valence-electron chi connectivity index (χ1n) is 7.68. The van der Waals surface area contributed by atoms with E-state index in [1.165, 1.54) is 0 Å². The van der Waals surface area contributed by atoms with Crippen LogP contribution in [0.4, 0.5) is 0 Å². The highest BCUT2D eigenvalue weighted by atomic mass is 16.6. The van der Waals surface area contributed by atoms with Crippen molar-refractivity contribution in [1.29, 1.82) is 0 Å². The van der Waals surface area contributed by atoms with E-state index in [0.717, 1.165) is 5.56 Å². The van der Waals surface area contributed by atoms with Gasteiger partial charge < -0.3 is 23.7 Å². The lowest BCUT2D eigenvalue weighted by Crippen LogP contribution is -2.45. The molecule has 0 aliphatic rings. The third kappa shape index (κ3) is 6.47. The maximum Gasteiger partial charge on any atom is 0.338 e. The Morgan fingerprint density at radius 2 is 1.50 bits per heavy atom. The number of carbonyl (C=O) groups is 3. The number of rotatable bonds is 11. The van der Waals surface area contributed by atoms with Crippen LogP contribution in [0, 0.1) is 0 Å². The highest BCUT2D eigenvalue weighted by Gasteiger charge is 2.38. The summed E-state index contributed by atoms with van der Waals surface area (Å²) in [5.41, 5.74) is 0.810. The largest absolute Gasteiger partial charge is 0.464 e. The molecule has 1 unspecified atom stereocenters. The second kappa shape index (κ2) is 11.3. The molecule has 0 bridgehead atoms. The highest BCUT2D eigenvalue weighted by Crippen LogP contribution is 2.13. The van der Waals surface area contributed by atoms with E-state index in [4.69, 9.17) is 18.9 Å². The molecule has 0 saturated carbocycles. The molecule has 7 nitrogen and oxygen atoms in total. The van der Waals surface area contributed by atoms with Crippen LogP contribution in [-0.4, -0.2) is 50.3 Å². The van der Waals surface area contributed by atoms with E-state index in [1.807, 2.05) is 30.3 Å². The molecule has 1 rings (SSSR count). The molecule has 0 fully saturated rings. The van der Waals surface area contributed by atoms with Gasteiger partial charge in [0.2, 0.25) is 0 Å². The number of hydrogen-bond donors (Lipinski definition) is 0. The summed E-state index contributed by atoms with van der Waals surface area (Å²) in [6, 6.07) is 9.12. The number of benzene rings is 1. The molecule has 7 heteroatoms. The monoisotopic (exact) mass is 338 g/mol. The summed E-state index contributed by atoms with van der Waals surface area (Å²) in [6.45, 7) is 3.19. The van der Waals surface area contributed by atoms with E-state index in [-0.39, 0.29) is 26.4 Å². The average molecular weight is 338 g/mol. The molecular formula is C17H22O7. The molecular weight excluding hydrogens is 316 g/mol. The van der Waals surface area contributed by atoms with Crippen molar-refractivity contribution in [3.8, 4) is 0 Å². The molecule has 1 aromatic rings. The summed E-state index contributed by atoms with van der Waals surface area (Å²) < 4.78 is 20.5. The van der Waals surface area contributed by atoms with Crippen LogP contribution in [0.2, 0.25) is 0 Å². The lowest BCUT2D eigenvalue weighted by atomic mass is 10.2. The van der Waals surface area contributed by atoms with E-state index in [1.54, 1.807) is 13.8 Å². The van der Waals surface area contributed by atoms with Crippen molar-refractivity contribution in [3.05, 3.63) is 35.9 Å². The molecule has 0 aliphatic heterocycles. The topological polar surface area (TPSA) is 88.1 Å². The second-order valence-electron chi connectivity index (χ2n) is 4.64. The SMILES string of the molecule is CCOC(=O)C(OCC=O)[C@@H](OCc1ccccc1)C(=O)OCC. The lowest BCUT2D eigenvalue weighted by molar-refractivity contribution is -0.184. The van der Waals surface area contributed by atoms with Gasteiger partial charge in [0.1, 0.15) is 12.9 Å². The van der Waals surface area contributed by atoms with Crippen molar-refractivity contribution in [1.82, 2.24) is 0 Å². The molecule has 0 radical (unpaired) electrons. The summed E-state index contributed by atoms with van der Waals surface area (Å²) >= 11 is 0.